The number of fused-ring (bicyclic) bond motifs is 5. The molecule has 2 unspecified atom stereocenters. The van der Waals surface area contributed by atoms with Crippen LogP contribution in [0.1, 0.15) is 11.1 Å². The number of imide groups is 1. The van der Waals surface area contributed by atoms with Crippen molar-refractivity contribution >= 4 is 63.2 Å². The van der Waals surface area contributed by atoms with Crippen LogP contribution in [0.4, 0.5) is 11.4 Å². The van der Waals surface area contributed by atoms with Crippen molar-refractivity contribution < 1.29 is 14.4 Å². The normalized spacial score (nSPS) is 26.3. The summed E-state index contributed by atoms with van der Waals surface area (Å²) in [7, 11) is 0. The number of aromatic nitrogens is 1. The molecule has 4 aromatic rings. The van der Waals surface area contributed by atoms with E-state index in [1.807, 2.05) is 48.7 Å². The summed E-state index contributed by atoms with van der Waals surface area (Å²) in [5.74, 6) is -2.86. The smallest absolute Gasteiger partial charge is 0.250 e. The molecular formula is C28H20Cl2N4O3. The Hall–Kier alpha value is -3.65. The van der Waals surface area contributed by atoms with Crippen molar-refractivity contribution in [2.24, 2.45) is 11.8 Å². The highest BCUT2D eigenvalue weighted by atomic mass is 35.5. The number of rotatable bonds is 3. The van der Waals surface area contributed by atoms with Crippen LogP contribution >= 0.6 is 23.2 Å². The summed E-state index contributed by atoms with van der Waals surface area (Å²) in [4.78, 5) is 46.2. The van der Waals surface area contributed by atoms with Gasteiger partial charge in [-0.2, -0.15) is 0 Å². The lowest BCUT2D eigenvalue weighted by Crippen LogP contribution is -2.53. The summed E-state index contributed by atoms with van der Waals surface area (Å²) >= 11 is 12.4. The highest BCUT2D eigenvalue weighted by molar-refractivity contribution is 6.36. The van der Waals surface area contributed by atoms with E-state index in [9.17, 15) is 14.4 Å². The first kappa shape index (κ1) is 22.5. The van der Waals surface area contributed by atoms with E-state index in [1.165, 1.54) is 0 Å². The summed E-state index contributed by atoms with van der Waals surface area (Å²) in [6.45, 7) is 0. The predicted molar refractivity (Wildman–Crippen MR) is 142 cm³/mol. The summed E-state index contributed by atoms with van der Waals surface area (Å²) in [5, 5.41) is 8.07. The van der Waals surface area contributed by atoms with Gasteiger partial charge in [-0.15, -0.1) is 0 Å². The average molecular weight is 531 g/mol. The molecule has 0 saturated carbocycles. The Morgan fingerprint density at radius 1 is 0.892 bits per heavy atom. The van der Waals surface area contributed by atoms with Gasteiger partial charge < -0.3 is 10.3 Å². The van der Waals surface area contributed by atoms with Crippen molar-refractivity contribution in [2.75, 3.05) is 10.2 Å². The maximum absolute atomic E-state index is 14.1. The summed E-state index contributed by atoms with van der Waals surface area (Å²) in [5.41, 5.74) is 2.21. The van der Waals surface area contributed by atoms with Crippen LogP contribution in [0.2, 0.25) is 10.0 Å². The maximum Gasteiger partial charge on any atom is 0.250 e. The van der Waals surface area contributed by atoms with Crippen molar-refractivity contribution in [3.63, 3.8) is 0 Å². The molecule has 4 atom stereocenters. The zero-order chi connectivity index (χ0) is 25.5. The first-order chi connectivity index (χ1) is 17.9. The molecule has 0 bridgehead atoms. The number of hydrogen-bond donors (Lipinski definition) is 3. The second kappa shape index (κ2) is 7.92. The monoisotopic (exact) mass is 530 g/mol. The fourth-order valence-electron chi connectivity index (χ4n) is 6.39. The lowest BCUT2D eigenvalue weighted by molar-refractivity contribution is -0.130. The minimum Gasteiger partial charge on any atom is -0.361 e. The molecule has 1 aromatic heterocycles. The Morgan fingerprint density at radius 2 is 1.62 bits per heavy atom. The van der Waals surface area contributed by atoms with Crippen LogP contribution in [0.3, 0.4) is 0 Å². The highest BCUT2D eigenvalue weighted by Gasteiger charge is 2.70. The largest absolute Gasteiger partial charge is 0.361 e. The van der Waals surface area contributed by atoms with Gasteiger partial charge in [-0.3, -0.25) is 19.7 Å². The Kier molecular flexibility index (Phi) is 4.83. The molecule has 3 N–H and O–H groups in total. The lowest BCUT2D eigenvalue weighted by atomic mass is 9.76. The van der Waals surface area contributed by atoms with Crippen LogP contribution in [0.5, 0.6) is 0 Å². The van der Waals surface area contributed by atoms with Crippen LogP contribution in [0.15, 0.2) is 72.9 Å². The zero-order valence-corrected chi connectivity index (χ0v) is 20.8. The second-order valence-electron chi connectivity index (χ2n) is 9.77. The van der Waals surface area contributed by atoms with Crippen LogP contribution in [-0.4, -0.2) is 28.7 Å². The molecule has 3 aliphatic heterocycles. The fourth-order valence-corrected chi connectivity index (χ4v) is 6.91. The number of benzene rings is 3. The third kappa shape index (κ3) is 3.08. The molecule has 9 heteroatoms. The molecule has 4 heterocycles. The van der Waals surface area contributed by atoms with E-state index in [4.69, 9.17) is 23.2 Å². The van der Waals surface area contributed by atoms with Crippen LogP contribution < -0.4 is 15.5 Å². The highest BCUT2D eigenvalue weighted by Crippen LogP contribution is 2.54. The molecule has 2 saturated heterocycles. The third-order valence-electron chi connectivity index (χ3n) is 7.84. The number of nitrogens with one attached hydrogen (secondary N) is 3. The number of halogens is 2. The molecule has 3 aromatic carbocycles. The molecule has 1 spiro atoms. The third-order valence-corrected chi connectivity index (χ3v) is 8.28. The number of amides is 3. The van der Waals surface area contributed by atoms with E-state index < -0.39 is 29.3 Å². The molecule has 0 radical (unpaired) electrons. The molecule has 7 nitrogen and oxygen atoms in total. The van der Waals surface area contributed by atoms with Crippen molar-refractivity contribution in [1.82, 2.24) is 10.3 Å². The van der Waals surface area contributed by atoms with Gasteiger partial charge in [0, 0.05) is 44.4 Å². The summed E-state index contributed by atoms with van der Waals surface area (Å²) < 4.78 is 0. The quantitative estimate of drug-likeness (QED) is 0.336. The predicted octanol–water partition coefficient (Wildman–Crippen LogP) is 4.64. The molecule has 0 aliphatic carbocycles. The lowest BCUT2D eigenvalue weighted by Gasteiger charge is -2.29. The Morgan fingerprint density at radius 3 is 2.43 bits per heavy atom. The van der Waals surface area contributed by atoms with Gasteiger partial charge in [-0.05, 0) is 42.3 Å². The SMILES string of the molecule is O=C1[C@@H]2C(Cc3c[nH]c4ccccc34)NC3(C(=O)Nc4ccccc43)[C@@H]2C(=O)N1c1cc(Cl)cc(Cl)c1. The van der Waals surface area contributed by atoms with Crippen LogP contribution in [0.25, 0.3) is 10.9 Å². The van der Waals surface area contributed by atoms with Crippen molar-refractivity contribution in [1.29, 1.82) is 0 Å². The molecule has 3 aliphatic rings. The van der Waals surface area contributed by atoms with Gasteiger partial charge in [0.25, 0.3) is 0 Å². The van der Waals surface area contributed by atoms with Gasteiger partial charge >= 0.3 is 0 Å². The van der Waals surface area contributed by atoms with Gasteiger partial charge in [0.05, 0.1) is 17.5 Å². The summed E-state index contributed by atoms with van der Waals surface area (Å²) in [6.07, 6.45) is 2.37. The van der Waals surface area contributed by atoms with Crippen LogP contribution in [0, 0.1) is 11.8 Å². The first-order valence-electron chi connectivity index (χ1n) is 12.0. The van der Waals surface area contributed by atoms with E-state index in [2.05, 4.69) is 15.6 Å². The van der Waals surface area contributed by atoms with Crippen LogP contribution in [-0.2, 0) is 26.3 Å². The number of para-hydroxylation sites is 2. The second-order valence-corrected chi connectivity index (χ2v) is 10.6. The van der Waals surface area contributed by atoms with Gasteiger partial charge in [-0.25, -0.2) is 4.90 Å². The number of aromatic amines is 1. The number of nitrogens with zero attached hydrogens (tertiary/aromatic N) is 1. The van der Waals surface area contributed by atoms with E-state index in [0.717, 1.165) is 21.4 Å². The number of carbonyl (C=O) groups excluding carboxylic acids is 3. The number of carbonyl (C=O) groups is 3. The fraction of sp³-hybridized carbons (Fsp3) is 0.179. The molecule has 184 valence electrons. The standard InChI is InChI=1S/C28H20Cl2N4O3/c29-15-10-16(30)12-17(11-15)34-25(35)23-22(9-14-13-31-20-7-3-1-5-18(14)20)33-28(24(23)26(34)36)19-6-2-4-8-21(19)32-27(28)37/h1-8,10-13,22-24,31,33H,9H2,(H,32,37)/t22?,23-,24+,28?/m1/s1. The Labute approximate surface area is 221 Å². The first-order valence-corrected chi connectivity index (χ1v) is 12.7. The van der Waals surface area contributed by atoms with Gasteiger partial charge in [0.15, 0.2) is 0 Å². The maximum atomic E-state index is 14.1. The van der Waals surface area contributed by atoms with Crippen molar-refractivity contribution in [3.8, 4) is 0 Å². The minimum absolute atomic E-state index is 0.301. The molecular weight excluding hydrogens is 511 g/mol. The van der Waals surface area contributed by atoms with E-state index in [0.29, 0.717) is 33.4 Å². The van der Waals surface area contributed by atoms with Gasteiger partial charge in [0.2, 0.25) is 17.7 Å². The van der Waals surface area contributed by atoms with Crippen molar-refractivity contribution in [3.05, 3.63) is 94.1 Å². The van der Waals surface area contributed by atoms with Crippen molar-refractivity contribution in [2.45, 2.75) is 18.0 Å². The van der Waals surface area contributed by atoms with E-state index >= 15 is 0 Å². The topological polar surface area (TPSA) is 94.3 Å². The number of H-pyrrole nitrogens is 1. The molecule has 2 fully saturated rings. The van der Waals surface area contributed by atoms with E-state index in [-0.39, 0.29) is 11.8 Å². The van der Waals surface area contributed by atoms with Gasteiger partial charge in [0.1, 0.15) is 5.54 Å². The Balaban J connectivity index is 1.38. The number of hydrogen-bond acceptors (Lipinski definition) is 4. The minimum atomic E-state index is -1.37. The molecule has 3 amide bonds. The zero-order valence-electron chi connectivity index (χ0n) is 19.3. The molecule has 37 heavy (non-hydrogen) atoms. The Bertz CT molecular complexity index is 1630. The average Bonchev–Trinajstić information content (AvgIpc) is 3.57. The van der Waals surface area contributed by atoms with Gasteiger partial charge in [-0.1, -0.05) is 59.6 Å². The molecule has 7 rings (SSSR count). The number of anilines is 2. The summed E-state index contributed by atoms with van der Waals surface area (Å²) in [6, 6.07) is 19.4. The van der Waals surface area contributed by atoms with E-state index in [1.54, 1.807) is 24.3 Å².